The van der Waals surface area contributed by atoms with Crippen LogP contribution in [0.25, 0.3) is 0 Å². The van der Waals surface area contributed by atoms with Gasteiger partial charge >= 0.3 is 0 Å². The van der Waals surface area contributed by atoms with E-state index in [9.17, 15) is 14.4 Å². The Morgan fingerprint density at radius 1 is 1.07 bits per heavy atom. The summed E-state index contributed by atoms with van der Waals surface area (Å²) in [6.07, 6.45) is 0. The van der Waals surface area contributed by atoms with Crippen molar-refractivity contribution in [2.45, 2.75) is 6.04 Å². The fraction of sp³-hybridized carbons (Fsp3) is 0.333. The third kappa shape index (κ3) is 4.78. The van der Waals surface area contributed by atoms with Crippen LogP contribution < -0.4 is 9.47 Å². The zero-order chi connectivity index (χ0) is 19.9. The molecule has 0 bridgehead atoms. The Balaban J connectivity index is 1.50. The van der Waals surface area contributed by atoms with Gasteiger partial charge in [-0.25, -0.2) is 4.39 Å². The lowest BCUT2D eigenvalue weighted by Gasteiger charge is -2.37. The molecule has 1 saturated heterocycles. The van der Waals surface area contributed by atoms with Gasteiger partial charge in [-0.05, 0) is 42.0 Å². The van der Waals surface area contributed by atoms with Crippen LogP contribution in [-0.4, -0.2) is 55.6 Å². The first-order valence-electron chi connectivity index (χ1n) is 9.04. The van der Waals surface area contributed by atoms with Gasteiger partial charge in [0.25, 0.3) is 5.91 Å². The monoisotopic (exact) mass is 383 g/mol. The topological polar surface area (TPSA) is 65.8 Å². The Labute approximate surface area is 163 Å². The number of piperazine rings is 1. The van der Waals surface area contributed by atoms with Gasteiger partial charge in [0, 0.05) is 26.2 Å². The Hall–Kier alpha value is -3.11. The zero-order valence-corrected chi connectivity index (χ0v) is 15.7. The molecule has 28 heavy (non-hydrogen) atoms. The number of carbonyl (C=O) groups is 1. The molecule has 0 aliphatic carbocycles. The molecule has 6 nitrogen and oxygen atoms in total. The average Bonchev–Trinajstić information content (AvgIpc) is 2.74. The van der Waals surface area contributed by atoms with Gasteiger partial charge in [-0.15, -0.1) is 0 Å². The molecular weight excluding hydrogens is 361 g/mol. The van der Waals surface area contributed by atoms with Crippen LogP contribution in [0, 0.1) is 17.1 Å². The number of carbonyl (C=O) groups excluding carboxylic acids is 1. The molecule has 1 amide bonds. The lowest BCUT2D eigenvalue weighted by molar-refractivity contribution is -0.135. The summed E-state index contributed by atoms with van der Waals surface area (Å²) in [5.74, 6) is 0.912. The van der Waals surface area contributed by atoms with Gasteiger partial charge in [0.1, 0.15) is 23.4 Å². The summed E-state index contributed by atoms with van der Waals surface area (Å²) >= 11 is 0. The maximum Gasteiger partial charge on any atom is 0.260 e. The number of rotatable bonds is 6. The van der Waals surface area contributed by atoms with Gasteiger partial charge in [-0.1, -0.05) is 12.1 Å². The number of nitrogens with zero attached hydrogens (tertiary/aromatic N) is 3. The highest BCUT2D eigenvalue weighted by molar-refractivity contribution is 5.77. The molecule has 0 spiro atoms. The fourth-order valence-electron chi connectivity index (χ4n) is 3.15. The van der Waals surface area contributed by atoms with E-state index >= 15 is 0 Å². The van der Waals surface area contributed by atoms with Crippen LogP contribution in [0.4, 0.5) is 4.39 Å². The molecule has 3 rings (SSSR count). The van der Waals surface area contributed by atoms with E-state index in [0.29, 0.717) is 31.9 Å². The summed E-state index contributed by atoms with van der Waals surface area (Å²) in [4.78, 5) is 16.1. The van der Waals surface area contributed by atoms with Crippen LogP contribution in [-0.2, 0) is 4.79 Å². The molecule has 0 N–H and O–H groups in total. The van der Waals surface area contributed by atoms with E-state index in [1.807, 2.05) is 4.90 Å². The minimum absolute atomic E-state index is 0.0357. The van der Waals surface area contributed by atoms with Crippen LogP contribution in [0.3, 0.4) is 0 Å². The van der Waals surface area contributed by atoms with Gasteiger partial charge in [0.15, 0.2) is 6.61 Å². The Morgan fingerprint density at radius 2 is 1.68 bits per heavy atom. The number of hydrogen-bond acceptors (Lipinski definition) is 5. The normalized spacial score (nSPS) is 15.5. The van der Waals surface area contributed by atoms with Crippen LogP contribution in [0.2, 0.25) is 0 Å². The van der Waals surface area contributed by atoms with Crippen molar-refractivity contribution in [2.75, 3.05) is 39.9 Å². The second kappa shape index (κ2) is 9.20. The van der Waals surface area contributed by atoms with Gasteiger partial charge in [0.05, 0.1) is 13.2 Å². The number of methoxy groups -OCH3 is 1. The predicted molar refractivity (Wildman–Crippen MR) is 101 cm³/mol. The van der Waals surface area contributed by atoms with E-state index in [4.69, 9.17) is 9.47 Å². The third-order valence-corrected chi connectivity index (χ3v) is 4.76. The second-order valence-electron chi connectivity index (χ2n) is 6.46. The maximum atomic E-state index is 13.1. The van der Waals surface area contributed by atoms with Crippen molar-refractivity contribution in [1.29, 1.82) is 5.26 Å². The van der Waals surface area contributed by atoms with Crippen molar-refractivity contribution in [3.63, 3.8) is 0 Å². The summed E-state index contributed by atoms with van der Waals surface area (Å²) in [5.41, 5.74) is 0.756. The van der Waals surface area contributed by atoms with E-state index in [1.54, 1.807) is 48.4 Å². The number of ether oxygens (including phenoxy) is 2. The minimum Gasteiger partial charge on any atom is -0.497 e. The van der Waals surface area contributed by atoms with Crippen LogP contribution in [0.5, 0.6) is 11.5 Å². The van der Waals surface area contributed by atoms with Gasteiger partial charge < -0.3 is 14.4 Å². The summed E-state index contributed by atoms with van der Waals surface area (Å²) in [5, 5.41) is 9.53. The van der Waals surface area contributed by atoms with Crippen LogP contribution in [0.15, 0.2) is 48.5 Å². The highest BCUT2D eigenvalue weighted by atomic mass is 19.1. The number of nitriles is 1. The molecule has 0 saturated carbocycles. The Kier molecular flexibility index (Phi) is 6.45. The molecule has 0 aromatic heterocycles. The van der Waals surface area contributed by atoms with Gasteiger partial charge in [-0.3, -0.25) is 9.69 Å². The molecule has 2 aromatic carbocycles. The standard InChI is InChI=1S/C21H22FN3O3/c1-27-18-6-8-19(9-7-18)28-15-21(26)25-12-10-24(11-13-25)20(14-23)16-2-4-17(22)5-3-16/h2-9,20H,10-13,15H2,1H3/t20-/m1/s1. The first-order chi connectivity index (χ1) is 13.6. The Bertz CT molecular complexity index is 825. The van der Waals surface area contributed by atoms with Gasteiger partial charge in [-0.2, -0.15) is 5.26 Å². The first kappa shape index (κ1) is 19.6. The predicted octanol–water partition coefficient (Wildman–Crippen LogP) is 2.62. The molecule has 0 unspecified atom stereocenters. The lowest BCUT2D eigenvalue weighted by Crippen LogP contribution is -2.50. The number of hydrogen-bond donors (Lipinski definition) is 0. The van der Waals surface area contributed by atoms with E-state index in [-0.39, 0.29) is 18.3 Å². The SMILES string of the molecule is COc1ccc(OCC(=O)N2CCN([C@H](C#N)c3ccc(F)cc3)CC2)cc1. The molecule has 1 aliphatic heterocycles. The highest BCUT2D eigenvalue weighted by Crippen LogP contribution is 2.22. The molecule has 7 heteroatoms. The molecule has 2 aromatic rings. The lowest BCUT2D eigenvalue weighted by atomic mass is 10.1. The minimum atomic E-state index is -0.451. The maximum absolute atomic E-state index is 13.1. The molecule has 1 atom stereocenters. The quantitative estimate of drug-likeness (QED) is 0.767. The Morgan fingerprint density at radius 3 is 2.25 bits per heavy atom. The summed E-state index contributed by atoms with van der Waals surface area (Å²) in [7, 11) is 1.59. The number of benzene rings is 2. The van der Waals surface area contributed by atoms with Crippen molar-refractivity contribution in [1.82, 2.24) is 9.80 Å². The van der Waals surface area contributed by atoms with Crippen molar-refractivity contribution in [3.05, 3.63) is 59.9 Å². The van der Waals surface area contributed by atoms with E-state index in [2.05, 4.69) is 6.07 Å². The highest BCUT2D eigenvalue weighted by Gasteiger charge is 2.27. The smallest absolute Gasteiger partial charge is 0.260 e. The largest absolute Gasteiger partial charge is 0.497 e. The van der Waals surface area contributed by atoms with Crippen molar-refractivity contribution in [3.8, 4) is 17.6 Å². The van der Waals surface area contributed by atoms with Crippen LogP contribution >= 0.6 is 0 Å². The van der Waals surface area contributed by atoms with Crippen molar-refractivity contribution < 1.29 is 18.7 Å². The van der Waals surface area contributed by atoms with Crippen LogP contribution in [0.1, 0.15) is 11.6 Å². The first-order valence-corrected chi connectivity index (χ1v) is 9.04. The molecule has 1 aliphatic rings. The average molecular weight is 383 g/mol. The number of halogens is 1. The van der Waals surface area contributed by atoms with E-state index < -0.39 is 6.04 Å². The third-order valence-electron chi connectivity index (χ3n) is 4.76. The molecule has 1 heterocycles. The molecule has 146 valence electrons. The van der Waals surface area contributed by atoms with Crippen molar-refractivity contribution >= 4 is 5.91 Å². The molecular formula is C21H22FN3O3. The second-order valence-corrected chi connectivity index (χ2v) is 6.46. The summed E-state index contributed by atoms with van der Waals surface area (Å²) in [6, 6.07) is 14.8. The number of amides is 1. The summed E-state index contributed by atoms with van der Waals surface area (Å²) < 4.78 is 23.7. The van der Waals surface area contributed by atoms with Crippen molar-refractivity contribution in [2.24, 2.45) is 0 Å². The fourth-order valence-corrected chi connectivity index (χ4v) is 3.15. The van der Waals surface area contributed by atoms with E-state index in [1.165, 1.54) is 12.1 Å². The van der Waals surface area contributed by atoms with E-state index in [0.717, 1.165) is 11.3 Å². The van der Waals surface area contributed by atoms with Gasteiger partial charge in [0.2, 0.25) is 0 Å². The molecule has 0 radical (unpaired) electrons. The zero-order valence-electron chi connectivity index (χ0n) is 15.7. The summed E-state index contributed by atoms with van der Waals surface area (Å²) in [6.45, 7) is 2.15. The molecule has 1 fully saturated rings.